The number of hydrogen-bond donors (Lipinski definition) is 0. The highest BCUT2D eigenvalue weighted by molar-refractivity contribution is 9.10. The number of ether oxygens (including phenoxy) is 2. The Labute approximate surface area is 169 Å². The van der Waals surface area contributed by atoms with Crippen LogP contribution in [-0.4, -0.2) is 62.2 Å². The van der Waals surface area contributed by atoms with Crippen LogP contribution in [-0.2, 0) is 11.3 Å². The maximum atomic E-state index is 13.2. The van der Waals surface area contributed by atoms with Crippen LogP contribution in [0.1, 0.15) is 15.9 Å². The molecule has 0 N–H and O–H groups in total. The predicted octanol–water partition coefficient (Wildman–Crippen LogP) is 3.43. The number of carbonyl (C=O) groups excluding carboxylic acids is 1. The van der Waals surface area contributed by atoms with Crippen molar-refractivity contribution in [1.82, 2.24) is 9.80 Å². The molecule has 1 aliphatic rings. The highest BCUT2D eigenvalue weighted by Gasteiger charge is 2.20. The molecule has 6 heteroatoms. The molecule has 0 unspecified atom stereocenters. The second kappa shape index (κ2) is 9.88. The molecule has 0 radical (unpaired) electrons. The number of hydrogen-bond acceptors (Lipinski definition) is 4. The number of morpholine rings is 1. The van der Waals surface area contributed by atoms with E-state index < -0.39 is 0 Å². The Balaban J connectivity index is 1.77. The topological polar surface area (TPSA) is 42.0 Å². The Hall–Kier alpha value is -1.89. The Morgan fingerprint density at radius 1 is 1.19 bits per heavy atom. The molecule has 0 spiro atoms. The molecule has 0 atom stereocenters. The van der Waals surface area contributed by atoms with Crippen LogP contribution in [0.5, 0.6) is 5.75 Å². The first kappa shape index (κ1) is 19.9. The van der Waals surface area contributed by atoms with Gasteiger partial charge in [-0.3, -0.25) is 9.69 Å². The van der Waals surface area contributed by atoms with Crippen molar-refractivity contribution in [2.24, 2.45) is 0 Å². The zero-order chi connectivity index (χ0) is 19.1. The van der Waals surface area contributed by atoms with E-state index in [0.29, 0.717) is 18.7 Å². The fourth-order valence-corrected chi connectivity index (χ4v) is 3.58. The Bertz CT molecular complexity index is 763. The smallest absolute Gasteiger partial charge is 0.254 e. The van der Waals surface area contributed by atoms with Crippen molar-refractivity contribution in [3.8, 4) is 5.75 Å². The van der Waals surface area contributed by atoms with E-state index in [9.17, 15) is 4.79 Å². The van der Waals surface area contributed by atoms with Crippen LogP contribution in [0.3, 0.4) is 0 Å². The zero-order valence-electron chi connectivity index (χ0n) is 15.6. The number of rotatable bonds is 7. The fourth-order valence-electron chi connectivity index (χ4n) is 3.18. The number of amides is 1. The van der Waals surface area contributed by atoms with E-state index in [-0.39, 0.29) is 5.91 Å². The standard InChI is InChI=1S/C21H25BrN2O3/c1-26-20-8-3-2-5-18(20)16-24(10-9-23-11-13-27-14-12-23)21(25)17-6-4-7-19(22)15-17/h2-8,15H,9-14,16H2,1H3. The maximum absolute atomic E-state index is 13.2. The van der Waals surface area contributed by atoms with Crippen molar-refractivity contribution in [1.29, 1.82) is 0 Å². The molecule has 0 bridgehead atoms. The van der Waals surface area contributed by atoms with Crippen LogP contribution < -0.4 is 4.74 Å². The monoisotopic (exact) mass is 432 g/mol. The maximum Gasteiger partial charge on any atom is 0.254 e. The van der Waals surface area contributed by atoms with Crippen LogP contribution in [0.2, 0.25) is 0 Å². The second-order valence-electron chi connectivity index (χ2n) is 6.50. The third-order valence-electron chi connectivity index (χ3n) is 4.70. The summed E-state index contributed by atoms with van der Waals surface area (Å²) in [6.45, 7) is 5.33. The largest absolute Gasteiger partial charge is 0.496 e. The number of benzene rings is 2. The van der Waals surface area contributed by atoms with Crippen molar-refractivity contribution in [3.05, 3.63) is 64.1 Å². The van der Waals surface area contributed by atoms with Gasteiger partial charge in [0.25, 0.3) is 5.91 Å². The lowest BCUT2D eigenvalue weighted by molar-refractivity contribution is 0.0320. The van der Waals surface area contributed by atoms with E-state index in [0.717, 1.165) is 48.6 Å². The van der Waals surface area contributed by atoms with E-state index in [2.05, 4.69) is 20.8 Å². The SMILES string of the molecule is COc1ccccc1CN(CCN1CCOCC1)C(=O)c1cccc(Br)c1. The molecular formula is C21H25BrN2O3. The summed E-state index contributed by atoms with van der Waals surface area (Å²) in [6, 6.07) is 15.4. The number of carbonyl (C=O) groups is 1. The molecule has 0 saturated carbocycles. The van der Waals surface area contributed by atoms with E-state index in [4.69, 9.17) is 9.47 Å². The van der Waals surface area contributed by atoms with Gasteiger partial charge in [0.2, 0.25) is 0 Å². The molecule has 1 fully saturated rings. The fraction of sp³-hybridized carbons (Fsp3) is 0.381. The molecule has 3 rings (SSSR count). The summed E-state index contributed by atoms with van der Waals surface area (Å²) in [6.07, 6.45) is 0. The van der Waals surface area contributed by atoms with Crippen molar-refractivity contribution in [2.75, 3.05) is 46.5 Å². The van der Waals surface area contributed by atoms with Gasteiger partial charge in [0.15, 0.2) is 0 Å². The second-order valence-corrected chi connectivity index (χ2v) is 7.42. The Morgan fingerprint density at radius 2 is 1.96 bits per heavy atom. The van der Waals surface area contributed by atoms with Gasteiger partial charge in [0, 0.05) is 48.3 Å². The van der Waals surface area contributed by atoms with Crippen LogP contribution in [0, 0.1) is 0 Å². The van der Waals surface area contributed by atoms with Crippen molar-refractivity contribution >= 4 is 21.8 Å². The van der Waals surface area contributed by atoms with Gasteiger partial charge in [-0.15, -0.1) is 0 Å². The molecule has 2 aromatic rings. The minimum atomic E-state index is 0.0236. The first-order valence-electron chi connectivity index (χ1n) is 9.14. The zero-order valence-corrected chi connectivity index (χ0v) is 17.2. The van der Waals surface area contributed by atoms with Crippen molar-refractivity contribution < 1.29 is 14.3 Å². The summed E-state index contributed by atoms with van der Waals surface area (Å²) in [7, 11) is 1.66. The van der Waals surface area contributed by atoms with Crippen LogP contribution in [0.25, 0.3) is 0 Å². The lowest BCUT2D eigenvalue weighted by Crippen LogP contribution is -2.43. The number of nitrogens with zero attached hydrogens (tertiary/aromatic N) is 2. The van der Waals surface area contributed by atoms with Gasteiger partial charge in [-0.1, -0.05) is 40.2 Å². The average Bonchev–Trinajstić information content (AvgIpc) is 2.71. The Morgan fingerprint density at radius 3 is 2.70 bits per heavy atom. The van der Waals surface area contributed by atoms with E-state index in [1.165, 1.54) is 0 Å². The first-order chi connectivity index (χ1) is 13.2. The highest BCUT2D eigenvalue weighted by Crippen LogP contribution is 2.21. The molecule has 1 aliphatic heterocycles. The van der Waals surface area contributed by atoms with E-state index in [1.807, 2.05) is 53.4 Å². The summed E-state index contributed by atoms with van der Waals surface area (Å²) < 4.78 is 11.8. The summed E-state index contributed by atoms with van der Waals surface area (Å²) >= 11 is 3.46. The van der Waals surface area contributed by atoms with Gasteiger partial charge in [0.05, 0.1) is 20.3 Å². The van der Waals surface area contributed by atoms with Crippen LogP contribution in [0.15, 0.2) is 53.0 Å². The van der Waals surface area contributed by atoms with E-state index >= 15 is 0 Å². The predicted molar refractivity (Wildman–Crippen MR) is 109 cm³/mol. The Kier molecular flexibility index (Phi) is 7.26. The van der Waals surface area contributed by atoms with Crippen molar-refractivity contribution in [2.45, 2.75) is 6.54 Å². The summed E-state index contributed by atoms with van der Waals surface area (Å²) in [5.74, 6) is 0.825. The molecule has 27 heavy (non-hydrogen) atoms. The van der Waals surface area contributed by atoms with Crippen LogP contribution >= 0.6 is 15.9 Å². The molecule has 1 heterocycles. The molecular weight excluding hydrogens is 408 g/mol. The minimum absolute atomic E-state index is 0.0236. The van der Waals surface area contributed by atoms with Gasteiger partial charge in [-0.2, -0.15) is 0 Å². The molecule has 144 valence electrons. The van der Waals surface area contributed by atoms with Gasteiger partial charge in [-0.05, 0) is 24.3 Å². The summed E-state index contributed by atoms with van der Waals surface area (Å²) in [4.78, 5) is 17.4. The molecule has 0 aromatic heterocycles. The highest BCUT2D eigenvalue weighted by atomic mass is 79.9. The number of para-hydroxylation sites is 1. The van der Waals surface area contributed by atoms with Gasteiger partial charge < -0.3 is 14.4 Å². The molecule has 1 amide bonds. The first-order valence-corrected chi connectivity index (χ1v) is 9.93. The summed E-state index contributed by atoms with van der Waals surface area (Å²) in [5, 5.41) is 0. The molecule has 5 nitrogen and oxygen atoms in total. The molecule has 1 saturated heterocycles. The normalized spacial score (nSPS) is 14.7. The van der Waals surface area contributed by atoms with E-state index in [1.54, 1.807) is 7.11 Å². The summed E-state index contributed by atoms with van der Waals surface area (Å²) in [5.41, 5.74) is 1.69. The third-order valence-corrected chi connectivity index (χ3v) is 5.20. The lowest BCUT2D eigenvalue weighted by Gasteiger charge is -2.30. The average molecular weight is 433 g/mol. The van der Waals surface area contributed by atoms with Crippen molar-refractivity contribution in [3.63, 3.8) is 0 Å². The third kappa shape index (κ3) is 5.54. The van der Waals surface area contributed by atoms with Gasteiger partial charge in [-0.25, -0.2) is 0 Å². The van der Waals surface area contributed by atoms with Gasteiger partial charge >= 0.3 is 0 Å². The molecule has 2 aromatic carbocycles. The molecule has 0 aliphatic carbocycles. The lowest BCUT2D eigenvalue weighted by atomic mass is 10.1. The van der Waals surface area contributed by atoms with Crippen LogP contribution in [0.4, 0.5) is 0 Å². The number of methoxy groups -OCH3 is 1. The minimum Gasteiger partial charge on any atom is -0.496 e. The number of halogens is 1. The van der Waals surface area contributed by atoms with Gasteiger partial charge in [0.1, 0.15) is 5.75 Å². The quantitative estimate of drug-likeness (QED) is 0.671.